The molecule has 2 rings (SSSR count). The van der Waals surface area contributed by atoms with Gasteiger partial charge in [0.1, 0.15) is 5.75 Å². The summed E-state index contributed by atoms with van der Waals surface area (Å²) < 4.78 is 5.63. The van der Waals surface area contributed by atoms with Gasteiger partial charge in [-0.2, -0.15) is 11.8 Å². The van der Waals surface area contributed by atoms with Gasteiger partial charge < -0.3 is 15.8 Å². The summed E-state index contributed by atoms with van der Waals surface area (Å²) in [4.78, 5) is 0. The normalized spacial score (nSPS) is 18.0. The van der Waals surface area contributed by atoms with Crippen LogP contribution in [0.4, 0.5) is 11.4 Å². The molecular formula is C15H24N2OS. The fourth-order valence-corrected chi connectivity index (χ4v) is 3.70. The van der Waals surface area contributed by atoms with Crippen molar-refractivity contribution in [3.05, 3.63) is 18.2 Å². The van der Waals surface area contributed by atoms with Crippen LogP contribution < -0.4 is 15.8 Å². The third-order valence-corrected chi connectivity index (χ3v) is 5.50. The third kappa shape index (κ3) is 3.30. The van der Waals surface area contributed by atoms with Crippen molar-refractivity contribution < 1.29 is 4.74 Å². The first-order chi connectivity index (χ1) is 9.21. The van der Waals surface area contributed by atoms with Gasteiger partial charge in [-0.05, 0) is 31.2 Å². The van der Waals surface area contributed by atoms with Gasteiger partial charge in [-0.15, -0.1) is 0 Å². The first kappa shape index (κ1) is 14.4. The van der Waals surface area contributed by atoms with E-state index in [1.807, 2.05) is 30.0 Å². The number of nitrogens with two attached hydrogens (primary N) is 1. The summed E-state index contributed by atoms with van der Waals surface area (Å²) in [6, 6.07) is 5.89. The highest BCUT2D eigenvalue weighted by atomic mass is 32.2. The SMILES string of the molecule is COc1cccc(NCC2(SC)CCCCC2)c1N. The van der Waals surface area contributed by atoms with Gasteiger partial charge in [-0.1, -0.05) is 25.3 Å². The molecule has 19 heavy (non-hydrogen) atoms. The zero-order valence-electron chi connectivity index (χ0n) is 11.9. The zero-order chi connectivity index (χ0) is 13.7. The Bertz CT molecular complexity index is 417. The molecule has 0 aromatic heterocycles. The molecule has 106 valence electrons. The van der Waals surface area contributed by atoms with E-state index >= 15 is 0 Å². The van der Waals surface area contributed by atoms with E-state index in [1.165, 1.54) is 32.1 Å². The molecule has 0 aliphatic heterocycles. The molecule has 0 radical (unpaired) electrons. The van der Waals surface area contributed by atoms with E-state index in [1.54, 1.807) is 7.11 Å². The largest absolute Gasteiger partial charge is 0.495 e. The van der Waals surface area contributed by atoms with E-state index in [0.29, 0.717) is 10.4 Å². The van der Waals surface area contributed by atoms with Gasteiger partial charge in [-0.25, -0.2) is 0 Å². The van der Waals surface area contributed by atoms with Crippen LogP contribution in [-0.4, -0.2) is 24.7 Å². The predicted octanol–water partition coefficient (Wildman–Crippen LogP) is 3.76. The van der Waals surface area contributed by atoms with Gasteiger partial charge >= 0.3 is 0 Å². The Morgan fingerprint density at radius 1 is 1.32 bits per heavy atom. The number of benzene rings is 1. The number of rotatable bonds is 5. The van der Waals surface area contributed by atoms with Gasteiger partial charge in [0.15, 0.2) is 0 Å². The lowest BCUT2D eigenvalue weighted by Gasteiger charge is -2.36. The molecule has 4 heteroatoms. The highest BCUT2D eigenvalue weighted by Crippen LogP contribution is 2.39. The molecular weight excluding hydrogens is 256 g/mol. The molecule has 0 amide bonds. The van der Waals surface area contributed by atoms with Crippen LogP contribution in [0.25, 0.3) is 0 Å². The summed E-state index contributed by atoms with van der Waals surface area (Å²) in [5.41, 5.74) is 7.79. The third-order valence-electron chi connectivity index (χ3n) is 4.08. The molecule has 0 heterocycles. The Morgan fingerprint density at radius 3 is 2.68 bits per heavy atom. The van der Waals surface area contributed by atoms with Crippen LogP contribution in [0, 0.1) is 0 Å². The molecule has 3 N–H and O–H groups in total. The van der Waals surface area contributed by atoms with E-state index in [9.17, 15) is 0 Å². The van der Waals surface area contributed by atoms with Crippen molar-refractivity contribution in [3.63, 3.8) is 0 Å². The number of thioether (sulfide) groups is 1. The summed E-state index contributed by atoms with van der Waals surface area (Å²) in [5.74, 6) is 0.742. The van der Waals surface area contributed by atoms with Gasteiger partial charge in [-0.3, -0.25) is 0 Å². The minimum atomic E-state index is 0.369. The molecule has 0 bridgehead atoms. The molecule has 1 fully saturated rings. The van der Waals surface area contributed by atoms with Crippen molar-refractivity contribution in [3.8, 4) is 5.75 Å². The van der Waals surface area contributed by atoms with Gasteiger partial charge in [0, 0.05) is 11.3 Å². The van der Waals surface area contributed by atoms with E-state index in [-0.39, 0.29) is 0 Å². The van der Waals surface area contributed by atoms with E-state index < -0.39 is 0 Å². The quantitative estimate of drug-likeness (QED) is 0.806. The minimum Gasteiger partial charge on any atom is -0.495 e. The number of anilines is 2. The standard InChI is InChI=1S/C15H24N2OS/c1-18-13-8-6-7-12(14(13)16)17-11-15(19-2)9-4-3-5-10-15/h6-8,17H,3-5,9-11,16H2,1-2H3. The van der Waals surface area contributed by atoms with Crippen molar-refractivity contribution in [2.45, 2.75) is 36.9 Å². The van der Waals surface area contributed by atoms with Crippen molar-refractivity contribution in [2.24, 2.45) is 0 Å². The lowest BCUT2D eigenvalue weighted by molar-refractivity contribution is 0.410. The van der Waals surface area contributed by atoms with Crippen LogP contribution in [0.5, 0.6) is 5.75 Å². The number of methoxy groups -OCH3 is 1. The molecule has 1 aromatic carbocycles. The van der Waals surface area contributed by atoms with Gasteiger partial charge in [0.25, 0.3) is 0 Å². The maximum absolute atomic E-state index is 6.10. The van der Waals surface area contributed by atoms with Gasteiger partial charge in [0.05, 0.1) is 18.5 Å². The fraction of sp³-hybridized carbons (Fsp3) is 0.600. The van der Waals surface area contributed by atoms with Crippen LogP contribution in [-0.2, 0) is 0 Å². The maximum Gasteiger partial charge on any atom is 0.143 e. The van der Waals surface area contributed by atoms with Crippen molar-refractivity contribution in [1.29, 1.82) is 0 Å². The molecule has 1 aromatic rings. The smallest absolute Gasteiger partial charge is 0.143 e. The van der Waals surface area contributed by atoms with Crippen LogP contribution in [0.1, 0.15) is 32.1 Å². The second-order valence-corrected chi connectivity index (χ2v) is 6.50. The maximum atomic E-state index is 6.10. The molecule has 3 nitrogen and oxygen atoms in total. The number of hydrogen-bond acceptors (Lipinski definition) is 4. The van der Waals surface area contributed by atoms with E-state index in [0.717, 1.165) is 18.0 Å². The van der Waals surface area contributed by atoms with E-state index in [2.05, 4.69) is 11.6 Å². The second-order valence-electron chi connectivity index (χ2n) is 5.22. The van der Waals surface area contributed by atoms with Crippen molar-refractivity contribution >= 4 is 23.1 Å². The average molecular weight is 280 g/mol. The van der Waals surface area contributed by atoms with Gasteiger partial charge in [0.2, 0.25) is 0 Å². The molecule has 0 unspecified atom stereocenters. The molecule has 0 spiro atoms. The molecule has 0 atom stereocenters. The lowest BCUT2D eigenvalue weighted by Crippen LogP contribution is -2.35. The van der Waals surface area contributed by atoms with Crippen molar-refractivity contribution in [2.75, 3.05) is 31.0 Å². The Balaban J connectivity index is 2.05. The molecule has 1 saturated carbocycles. The first-order valence-corrected chi connectivity index (χ1v) is 8.15. The first-order valence-electron chi connectivity index (χ1n) is 6.92. The minimum absolute atomic E-state index is 0.369. The summed E-state index contributed by atoms with van der Waals surface area (Å²) in [5, 5.41) is 3.52. The topological polar surface area (TPSA) is 47.3 Å². The van der Waals surface area contributed by atoms with Crippen LogP contribution in [0.15, 0.2) is 18.2 Å². The van der Waals surface area contributed by atoms with Crippen LogP contribution >= 0.6 is 11.8 Å². The second kappa shape index (κ2) is 6.42. The molecule has 1 aliphatic carbocycles. The number of hydrogen-bond donors (Lipinski definition) is 2. The number of para-hydroxylation sites is 1. The van der Waals surface area contributed by atoms with Crippen LogP contribution in [0.2, 0.25) is 0 Å². The van der Waals surface area contributed by atoms with E-state index in [4.69, 9.17) is 10.5 Å². The zero-order valence-corrected chi connectivity index (χ0v) is 12.7. The summed E-state index contributed by atoms with van der Waals surface area (Å²) in [6.07, 6.45) is 8.88. The van der Waals surface area contributed by atoms with Crippen LogP contribution in [0.3, 0.4) is 0 Å². The highest BCUT2D eigenvalue weighted by Gasteiger charge is 2.30. The average Bonchev–Trinajstić information content (AvgIpc) is 2.47. The number of ether oxygens (including phenoxy) is 1. The monoisotopic (exact) mass is 280 g/mol. The number of nitrogens with one attached hydrogen (secondary N) is 1. The Kier molecular flexibility index (Phi) is 4.86. The summed E-state index contributed by atoms with van der Waals surface area (Å²) >= 11 is 1.99. The predicted molar refractivity (Wildman–Crippen MR) is 85.2 cm³/mol. The Morgan fingerprint density at radius 2 is 2.05 bits per heavy atom. The highest BCUT2D eigenvalue weighted by molar-refractivity contribution is 8.00. The fourth-order valence-electron chi connectivity index (χ4n) is 2.78. The lowest BCUT2D eigenvalue weighted by atomic mass is 9.88. The summed E-state index contributed by atoms with van der Waals surface area (Å²) in [7, 11) is 1.65. The van der Waals surface area contributed by atoms with Crippen molar-refractivity contribution in [1.82, 2.24) is 0 Å². The molecule has 0 saturated heterocycles. The summed E-state index contributed by atoms with van der Waals surface area (Å²) in [6.45, 7) is 0.978. The Hall–Kier alpha value is -1.03. The number of nitrogen functional groups attached to an aromatic ring is 1. The Labute approximate surface area is 120 Å². The molecule has 1 aliphatic rings.